The van der Waals surface area contributed by atoms with Crippen molar-refractivity contribution in [2.45, 2.75) is 51.5 Å². The third-order valence-electron chi connectivity index (χ3n) is 6.14. The van der Waals surface area contributed by atoms with E-state index in [0.29, 0.717) is 24.5 Å². The van der Waals surface area contributed by atoms with Crippen molar-refractivity contribution in [3.8, 4) is 11.5 Å². The van der Waals surface area contributed by atoms with Crippen molar-refractivity contribution in [1.29, 1.82) is 0 Å². The number of ether oxygens (including phenoxy) is 5. The van der Waals surface area contributed by atoms with Gasteiger partial charge >= 0.3 is 5.97 Å². The quantitative estimate of drug-likeness (QED) is 0.819. The third-order valence-corrected chi connectivity index (χ3v) is 6.14. The van der Waals surface area contributed by atoms with Gasteiger partial charge in [0.2, 0.25) is 6.29 Å². The molecule has 4 rings (SSSR count). The second-order valence-corrected chi connectivity index (χ2v) is 7.98. The Kier molecular flexibility index (Phi) is 3.61. The lowest BCUT2D eigenvalue weighted by atomic mass is 9.60. The highest BCUT2D eigenvalue weighted by Crippen LogP contribution is 2.60. The highest BCUT2D eigenvalue weighted by atomic mass is 16.8. The summed E-state index contributed by atoms with van der Waals surface area (Å²) in [5.74, 6) is -1.74. The first-order valence-corrected chi connectivity index (χ1v) is 8.66. The molecule has 2 saturated heterocycles. The smallest absolute Gasteiger partial charge is 0.369 e. The fourth-order valence-electron chi connectivity index (χ4n) is 4.58. The maximum absolute atomic E-state index is 12.3. The van der Waals surface area contributed by atoms with Crippen LogP contribution < -0.4 is 9.47 Å². The van der Waals surface area contributed by atoms with Crippen LogP contribution in [0.2, 0.25) is 0 Å². The monoisotopic (exact) mass is 364 g/mol. The summed E-state index contributed by atoms with van der Waals surface area (Å²) in [7, 11) is 3.22. The molecule has 3 heterocycles. The van der Waals surface area contributed by atoms with Crippen LogP contribution in [0.4, 0.5) is 0 Å². The number of carbonyl (C=O) groups is 1. The summed E-state index contributed by atoms with van der Waals surface area (Å²) >= 11 is 0. The Bertz CT molecular complexity index is 773. The lowest BCUT2D eigenvalue weighted by Gasteiger charge is -2.55. The molecule has 3 aliphatic rings. The van der Waals surface area contributed by atoms with Gasteiger partial charge < -0.3 is 24.1 Å². The number of aliphatic hydroxyl groups is 1. The van der Waals surface area contributed by atoms with Crippen LogP contribution >= 0.6 is 0 Å². The summed E-state index contributed by atoms with van der Waals surface area (Å²) in [5, 5.41) is 10.9. The number of carbonyl (C=O) groups excluding carboxylic acids is 1. The summed E-state index contributed by atoms with van der Waals surface area (Å²) in [6, 6.07) is 3.89. The van der Waals surface area contributed by atoms with Crippen LogP contribution in [0.25, 0.3) is 0 Å². The van der Waals surface area contributed by atoms with Gasteiger partial charge in [0.1, 0.15) is 0 Å². The van der Waals surface area contributed by atoms with Crippen molar-refractivity contribution in [3.63, 3.8) is 0 Å². The molecule has 7 nitrogen and oxygen atoms in total. The number of esters is 1. The molecule has 0 aliphatic carbocycles. The molecular weight excluding hydrogens is 340 g/mol. The van der Waals surface area contributed by atoms with E-state index in [2.05, 4.69) is 0 Å². The maximum Gasteiger partial charge on any atom is 0.369 e. The van der Waals surface area contributed by atoms with Crippen molar-refractivity contribution in [2.75, 3.05) is 14.2 Å². The van der Waals surface area contributed by atoms with E-state index in [1.165, 1.54) is 0 Å². The van der Waals surface area contributed by atoms with Crippen LogP contribution in [-0.2, 0) is 32.0 Å². The number of fused-ring (bicyclic) bond motifs is 5. The molecule has 142 valence electrons. The second kappa shape index (κ2) is 5.34. The lowest BCUT2D eigenvalue weighted by Crippen LogP contribution is -2.68. The number of methoxy groups -OCH3 is 2. The van der Waals surface area contributed by atoms with E-state index in [4.69, 9.17) is 23.7 Å². The first kappa shape index (κ1) is 17.6. The minimum absolute atomic E-state index is 0.208. The van der Waals surface area contributed by atoms with Crippen LogP contribution in [0.1, 0.15) is 31.9 Å². The molecular formula is C19H24O7. The van der Waals surface area contributed by atoms with Gasteiger partial charge in [-0.1, -0.05) is 13.8 Å². The Morgan fingerprint density at radius 3 is 2.65 bits per heavy atom. The number of hydrogen-bond acceptors (Lipinski definition) is 7. The molecule has 1 aromatic carbocycles. The van der Waals surface area contributed by atoms with Gasteiger partial charge in [0, 0.05) is 18.4 Å². The predicted molar refractivity (Wildman–Crippen MR) is 89.6 cm³/mol. The Balaban J connectivity index is 1.85. The molecule has 1 aromatic rings. The van der Waals surface area contributed by atoms with E-state index in [-0.39, 0.29) is 5.92 Å². The largest absolute Gasteiger partial charge is 0.493 e. The standard InChI is InChI=1S/C19H24O7/c1-17(2)13-8-11-6-10(9-22-4)7-12(23-5)14(11)25-18(13,3)16-24-15(20)19(17,21)26-16/h6-7,13,16,21H,8-9H2,1-5H3/t13-,16-,18+,19-/m1/s1. The summed E-state index contributed by atoms with van der Waals surface area (Å²) < 4.78 is 28.1. The topological polar surface area (TPSA) is 83.5 Å². The van der Waals surface area contributed by atoms with Crippen LogP contribution in [0, 0.1) is 11.3 Å². The zero-order valence-electron chi connectivity index (χ0n) is 15.6. The zero-order valence-corrected chi connectivity index (χ0v) is 15.6. The fraction of sp³-hybridized carbons (Fsp3) is 0.632. The van der Waals surface area contributed by atoms with E-state index in [1.54, 1.807) is 14.2 Å². The van der Waals surface area contributed by atoms with Gasteiger partial charge in [0.05, 0.1) is 13.7 Å². The molecule has 7 heteroatoms. The van der Waals surface area contributed by atoms with Gasteiger partial charge in [-0.05, 0) is 36.6 Å². The number of hydrogen-bond donors (Lipinski definition) is 1. The summed E-state index contributed by atoms with van der Waals surface area (Å²) in [4.78, 5) is 12.3. The average molecular weight is 364 g/mol. The SMILES string of the molecule is COCc1cc2c(c(OC)c1)O[C@]1(C)[C@@H]3OC(=O)[C@@](O)(O3)C(C)(C)[C@H]1C2. The fourth-order valence-corrected chi connectivity index (χ4v) is 4.58. The second-order valence-electron chi connectivity index (χ2n) is 7.98. The van der Waals surface area contributed by atoms with Gasteiger partial charge in [0.25, 0.3) is 5.79 Å². The minimum atomic E-state index is -1.98. The summed E-state index contributed by atoms with van der Waals surface area (Å²) in [5.41, 5.74) is 0.0670. The molecule has 4 atom stereocenters. The molecule has 0 radical (unpaired) electrons. The minimum Gasteiger partial charge on any atom is -0.493 e. The molecule has 1 N–H and O–H groups in total. The summed E-state index contributed by atoms with van der Waals surface area (Å²) in [6.45, 7) is 5.92. The average Bonchev–Trinajstić information content (AvgIpc) is 2.89. The molecule has 2 fully saturated rings. The van der Waals surface area contributed by atoms with Gasteiger partial charge in [-0.15, -0.1) is 0 Å². The van der Waals surface area contributed by atoms with Crippen molar-refractivity contribution < 1.29 is 33.6 Å². The Labute approximate surface area is 152 Å². The lowest BCUT2D eigenvalue weighted by molar-refractivity contribution is -0.343. The van der Waals surface area contributed by atoms with Gasteiger partial charge in [-0.25, -0.2) is 4.79 Å². The highest BCUT2D eigenvalue weighted by Gasteiger charge is 2.75. The van der Waals surface area contributed by atoms with Crippen molar-refractivity contribution >= 4 is 5.97 Å². The van der Waals surface area contributed by atoms with Crippen LogP contribution in [0.3, 0.4) is 0 Å². The maximum atomic E-state index is 12.3. The van der Waals surface area contributed by atoms with Crippen molar-refractivity contribution in [1.82, 2.24) is 0 Å². The van der Waals surface area contributed by atoms with E-state index in [1.807, 2.05) is 32.9 Å². The predicted octanol–water partition coefficient (Wildman–Crippen LogP) is 1.78. The first-order chi connectivity index (χ1) is 12.2. The van der Waals surface area contributed by atoms with Crippen LogP contribution in [0.5, 0.6) is 11.5 Å². The number of benzene rings is 1. The molecule has 0 unspecified atom stereocenters. The Hall–Kier alpha value is -1.83. The van der Waals surface area contributed by atoms with Crippen LogP contribution in [0.15, 0.2) is 12.1 Å². The molecule has 3 aliphatic heterocycles. The molecule has 0 spiro atoms. The highest BCUT2D eigenvalue weighted by molar-refractivity contribution is 5.81. The molecule has 0 saturated carbocycles. The Morgan fingerprint density at radius 2 is 2.00 bits per heavy atom. The van der Waals surface area contributed by atoms with Crippen LogP contribution in [-0.4, -0.2) is 43.0 Å². The normalized spacial score (nSPS) is 36.6. The molecule has 2 bridgehead atoms. The van der Waals surface area contributed by atoms with Crippen molar-refractivity contribution in [3.05, 3.63) is 23.3 Å². The summed E-state index contributed by atoms with van der Waals surface area (Å²) in [6.07, 6.45) is -0.388. The van der Waals surface area contributed by atoms with Crippen molar-refractivity contribution in [2.24, 2.45) is 11.3 Å². The van der Waals surface area contributed by atoms with Gasteiger partial charge in [-0.2, -0.15) is 0 Å². The third kappa shape index (κ3) is 2.02. The Morgan fingerprint density at radius 1 is 1.27 bits per heavy atom. The zero-order chi connectivity index (χ0) is 18.9. The van der Waals surface area contributed by atoms with Gasteiger partial charge in [-0.3, -0.25) is 4.74 Å². The molecule has 26 heavy (non-hydrogen) atoms. The molecule has 0 aromatic heterocycles. The number of rotatable bonds is 3. The van der Waals surface area contributed by atoms with E-state index in [0.717, 1.165) is 11.1 Å². The van der Waals surface area contributed by atoms with E-state index >= 15 is 0 Å². The van der Waals surface area contributed by atoms with E-state index < -0.39 is 29.1 Å². The van der Waals surface area contributed by atoms with Gasteiger partial charge in [0.15, 0.2) is 17.1 Å². The first-order valence-electron chi connectivity index (χ1n) is 8.66. The molecule has 0 amide bonds. The van der Waals surface area contributed by atoms with E-state index in [9.17, 15) is 9.90 Å².